The van der Waals surface area contributed by atoms with Crippen LogP contribution in [-0.4, -0.2) is 23.2 Å². The highest BCUT2D eigenvalue weighted by atomic mass is 32.1. The summed E-state index contributed by atoms with van der Waals surface area (Å²) in [5, 5.41) is 12.4. The molecular weight excluding hydrogens is 253 g/mol. The van der Waals surface area contributed by atoms with Crippen LogP contribution in [0.1, 0.15) is 30.6 Å². The van der Waals surface area contributed by atoms with Crippen LogP contribution < -0.4 is 5.32 Å². The first-order valence-electron chi connectivity index (χ1n) is 5.80. The molecule has 1 aromatic carbocycles. The van der Waals surface area contributed by atoms with Gasteiger partial charge in [0.25, 0.3) is 5.91 Å². The van der Waals surface area contributed by atoms with E-state index in [-0.39, 0.29) is 22.3 Å². The zero-order valence-electron chi connectivity index (χ0n) is 10.3. The number of thiol groups is 1. The van der Waals surface area contributed by atoms with Crippen molar-refractivity contribution in [3.8, 4) is 0 Å². The number of hydrogen-bond acceptors (Lipinski definition) is 3. The molecular formula is C13H16FNO2S. The third-order valence-electron chi connectivity index (χ3n) is 3.73. The second kappa shape index (κ2) is 4.55. The molecule has 0 radical (unpaired) electrons. The summed E-state index contributed by atoms with van der Waals surface area (Å²) in [5.41, 5.74) is 0.0537. The molecule has 1 aliphatic rings. The molecule has 2 atom stereocenters. The van der Waals surface area contributed by atoms with Crippen LogP contribution in [0.15, 0.2) is 23.1 Å². The summed E-state index contributed by atoms with van der Waals surface area (Å²) in [7, 11) is 0. The Labute approximate surface area is 111 Å². The van der Waals surface area contributed by atoms with E-state index < -0.39 is 11.9 Å². The first-order valence-corrected chi connectivity index (χ1v) is 6.24. The van der Waals surface area contributed by atoms with E-state index in [1.54, 1.807) is 0 Å². The summed E-state index contributed by atoms with van der Waals surface area (Å²) in [5.74, 6) is -0.718. The minimum absolute atomic E-state index is 0.0616. The van der Waals surface area contributed by atoms with Crippen LogP contribution in [-0.2, 0) is 0 Å². The Morgan fingerprint density at radius 1 is 1.56 bits per heavy atom. The molecule has 0 spiro atoms. The molecule has 1 aliphatic carbocycles. The van der Waals surface area contributed by atoms with E-state index in [9.17, 15) is 14.3 Å². The highest BCUT2D eigenvalue weighted by molar-refractivity contribution is 7.80. The molecule has 1 aromatic rings. The maximum atomic E-state index is 13.0. The van der Waals surface area contributed by atoms with E-state index >= 15 is 0 Å². The van der Waals surface area contributed by atoms with Gasteiger partial charge in [0.1, 0.15) is 5.82 Å². The van der Waals surface area contributed by atoms with Crippen molar-refractivity contribution in [1.82, 2.24) is 5.32 Å². The van der Waals surface area contributed by atoms with Crippen molar-refractivity contribution in [3.63, 3.8) is 0 Å². The van der Waals surface area contributed by atoms with Crippen LogP contribution in [0.3, 0.4) is 0 Å². The minimum atomic E-state index is -0.450. The number of carbonyl (C=O) groups is 1. The van der Waals surface area contributed by atoms with Gasteiger partial charge in [-0.05, 0) is 24.6 Å². The third kappa shape index (κ3) is 2.24. The molecule has 0 bridgehead atoms. The topological polar surface area (TPSA) is 49.3 Å². The van der Waals surface area contributed by atoms with E-state index in [2.05, 4.69) is 17.9 Å². The van der Waals surface area contributed by atoms with Gasteiger partial charge in [-0.15, -0.1) is 12.6 Å². The predicted octanol–water partition coefficient (Wildman–Crippen LogP) is 2.00. The number of amides is 1. The second-order valence-corrected chi connectivity index (χ2v) is 5.75. The summed E-state index contributed by atoms with van der Waals surface area (Å²) in [6, 6.07) is 3.98. The minimum Gasteiger partial charge on any atom is -0.392 e. The summed E-state index contributed by atoms with van der Waals surface area (Å²) in [4.78, 5) is 12.1. The van der Waals surface area contributed by atoms with Gasteiger partial charge in [-0.25, -0.2) is 4.39 Å². The number of aliphatic hydroxyl groups is 1. The highest BCUT2D eigenvalue weighted by Gasteiger charge is 2.47. The third-order valence-corrected chi connectivity index (χ3v) is 4.07. The summed E-state index contributed by atoms with van der Waals surface area (Å²) in [6.07, 6.45) is 0.157. The number of hydrogen-bond donors (Lipinski definition) is 3. The average Bonchev–Trinajstić information content (AvgIpc) is 2.32. The molecule has 1 amide bonds. The monoisotopic (exact) mass is 269 g/mol. The molecule has 0 aliphatic heterocycles. The Morgan fingerprint density at radius 3 is 2.72 bits per heavy atom. The first kappa shape index (κ1) is 13.4. The molecule has 1 saturated carbocycles. The fraction of sp³-hybridized carbons (Fsp3) is 0.462. The number of carbonyl (C=O) groups excluding carboxylic acids is 1. The maximum absolute atomic E-state index is 13.0. The summed E-state index contributed by atoms with van der Waals surface area (Å²) in [6.45, 7) is 3.81. The fourth-order valence-corrected chi connectivity index (χ4v) is 2.26. The van der Waals surface area contributed by atoms with E-state index in [0.29, 0.717) is 12.0 Å². The van der Waals surface area contributed by atoms with Crippen molar-refractivity contribution in [2.24, 2.45) is 5.41 Å². The van der Waals surface area contributed by atoms with Gasteiger partial charge < -0.3 is 10.4 Å². The second-order valence-electron chi connectivity index (χ2n) is 5.27. The van der Waals surface area contributed by atoms with Gasteiger partial charge in [0.05, 0.1) is 6.10 Å². The molecule has 3 nitrogen and oxygen atoms in total. The van der Waals surface area contributed by atoms with Gasteiger partial charge in [0.15, 0.2) is 0 Å². The fourth-order valence-electron chi connectivity index (χ4n) is 2.04. The summed E-state index contributed by atoms with van der Waals surface area (Å²) < 4.78 is 13.0. The van der Waals surface area contributed by atoms with E-state index in [1.807, 2.05) is 13.8 Å². The van der Waals surface area contributed by atoms with Gasteiger partial charge in [-0.2, -0.15) is 0 Å². The summed E-state index contributed by atoms with van der Waals surface area (Å²) >= 11 is 3.94. The molecule has 2 rings (SSSR count). The Kier molecular flexibility index (Phi) is 3.38. The van der Waals surface area contributed by atoms with Crippen LogP contribution in [0.4, 0.5) is 4.39 Å². The van der Waals surface area contributed by atoms with Crippen LogP contribution >= 0.6 is 12.6 Å². The van der Waals surface area contributed by atoms with Gasteiger partial charge in [-0.1, -0.05) is 13.8 Å². The number of rotatable bonds is 2. The predicted molar refractivity (Wildman–Crippen MR) is 69.3 cm³/mol. The number of nitrogens with one attached hydrogen (secondary N) is 1. The molecule has 0 heterocycles. The Hall–Kier alpha value is -1.07. The molecule has 0 aromatic heterocycles. The lowest BCUT2D eigenvalue weighted by Gasteiger charge is -2.49. The number of benzene rings is 1. The van der Waals surface area contributed by atoms with Crippen LogP contribution in [0, 0.1) is 11.2 Å². The lowest BCUT2D eigenvalue weighted by Crippen LogP contribution is -2.61. The van der Waals surface area contributed by atoms with Gasteiger partial charge in [-0.3, -0.25) is 4.79 Å². The molecule has 2 unspecified atom stereocenters. The maximum Gasteiger partial charge on any atom is 0.251 e. The molecule has 98 valence electrons. The zero-order valence-corrected chi connectivity index (χ0v) is 11.2. The SMILES string of the molecule is CC1(C)C(O)CC1NC(=O)c1ccc(F)c(S)c1. The molecule has 5 heteroatoms. The van der Waals surface area contributed by atoms with Crippen molar-refractivity contribution in [1.29, 1.82) is 0 Å². The van der Waals surface area contributed by atoms with Crippen molar-refractivity contribution >= 4 is 18.5 Å². The van der Waals surface area contributed by atoms with Crippen molar-refractivity contribution in [2.45, 2.75) is 37.3 Å². The number of aliphatic hydroxyl groups excluding tert-OH is 1. The van der Waals surface area contributed by atoms with E-state index in [0.717, 1.165) is 0 Å². The lowest BCUT2D eigenvalue weighted by molar-refractivity contribution is -0.0689. The smallest absolute Gasteiger partial charge is 0.251 e. The molecule has 1 fully saturated rings. The van der Waals surface area contributed by atoms with Crippen molar-refractivity contribution < 1.29 is 14.3 Å². The Bertz CT molecular complexity index is 490. The van der Waals surface area contributed by atoms with Gasteiger partial charge in [0.2, 0.25) is 0 Å². The van der Waals surface area contributed by atoms with E-state index in [1.165, 1.54) is 18.2 Å². The largest absolute Gasteiger partial charge is 0.392 e. The van der Waals surface area contributed by atoms with Gasteiger partial charge in [0, 0.05) is 21.9 Å². The standard InChI is InChI=1S/C13H16FNO2S/c1-13(2)10(6-11(13)16)15-12(17)7-3-4-8(14)9(18)5-7/h3-5,10-11,16,18H,6H2,1-2H3,(H,15,17). The lowest BCUT2D eigenvalue weighted by atomic mass is 9.64. The van der Waals surface area contributed by atoms with E-state index in [4.69, 9.17) is 0 Å². The van der Waals surface area contributed by atoms with Crippen LogP contribution in [0.25, 0.3) is 0 Å². The zero-order chi connectivity index (χ0) is 13.5. The van der Waals surface area contributed by atoms with Crippen LogP contribution in [0.5, 0.6) is 0 Å². The first-order chi connectivity index (χ1) is 8.32. The molecule has 18 heavy (non-hydrogen) atoms. The molecule has 0 saturated heterocycles. The Balaban J connectivity index is 2.07. The average molecular weight is 269 g/mol. The normalized spacial score (nSPS) is 25.4. The quantitative estimate of drug-likeness (QED) is 0.719. The van der Waals surface area contributed by atoms with Crippen molar-refractivity contribution in [2.75, 3.05) is 0 Å². The molecule has 2 N–H and O–H groups in total. The van der Waals surface area contributed by atoms with Crippen molar-refractivity contribution in [3.05, 3.63) is 29.6 Å². The highest BCUT2D eigenvalue weighted by Crippen LogP contribution is 2.40. The van der Waals surface area contributed by atoms with Crippen LogP contribution in [0.2, 0.25) is 0 Å². The van der Waals surface area contributed by atoms with Gasteiger partial charge >= 0.3 is 0 Å². The Morgan fingerprint density at radius 2 is 2.22 bits per heavy atom. The number of halogens is 1.